The summed E-state index contributed by atoms with van der Waals surface area (Å²) in [4.78, 5) is 17.0. The number of Topliss-reactive ketones (excluding diaryl/α,β-unsaturated/α-hetero) is 1. The van der Waals surface area contributed by atoms with Gasteiger partial charge in [-0.3, -0.25) is 9.69 Å². The van der Waals surface area contributed by atoms with Crippen molar-refractivity contribution in [2.75, 3.05) is 20.2 Å². The first-order valence-electron chi connectivity index (χ1n) is 13.1. The summed E-state index contributed by atoms with van der Waals surface area (Å²) in [6.45, 7) is 1.87. The first-order chi connectivity index (χ1) is 16.9. The van der Waals surface area contributed by atoms with Gasteiger partial charge in [-0.2, -0.15) is 0 Å². The third kappa shape index (κ3) is 2.32. The monoisotopic (exact) mass is 473 g/mol. The first-order valence-corrected chi connectivity index (χ1v) is 13.1. The number of phenols is 1. The van der Waals surface area contributed by atoms with E-state index in [1.165, 1.54) is 12.8 Å². The molecule has 1 saturated heterocycles. The van der Waals surface area contributed by atoms with Gasteiger partial charge in [0.05, 0.1) is 18.1 Å². The Morgan fingerprint density at radius 1 is 1.17 bits per heavy atom. The molecule has 0 amide bonds. The molecule has 2 bridgehead atoms. The van der Waals surface area contributed by atoms with Gasteiger partial charge >= 0.3 is 0 Å². The van der Waals surface area contributed by atoms with Crippen LogP contribution < -0.4 is 9.47 Å². The van der Waals surface area contributed by atoms with Gasteiger partial charge in [0.25, 0.3) is 0 Å². The average Bonchev–Trinajstić information content (AvgIpc) is 3.46. The van der Waals surface area contributed by atoms with E-state index < -0.39 is 22.5 Å². The summed E-state index contributed by atoms with van der Waals surface area (Å²) in [7, 11) is 1.67. The van der Waals surface area contributed by atoms with Crippen molar-refractivity contribution in [1.82, 2.24) is 4.90 Å². The zero-order chi connectivity index (χ0) is 23.7. The predicted octanol–water partition coefficient (Wildman–Crippen LogP) is 2.93. The molecule has 35 heavy (non-hydrogen) atoms. The standard InChI is InChI=1S/C29H31NO5/c1-34-21-4-2-3-18-12-27(13-19(18)21)15-29(33)22-11-17-7-8-20(31)24-23(17)28(29,26(35-24)25(27)32)9-10-30(22)14-16-5-6-16/h2-4,7-8,16,22,26,31,33H,5-6,9-15H2,1H3/t22-,26-,27?,28-,29+/m0/s1. The average molecular weight is 474 g/mol. The molecular weight excluding hydrogens is 442 g/mol. The lowest BCUT2D eigenvalue weighted by Crippen LogP contribution is -2.79. The number of hydrogen-bond donors (Lipinski definition) is 2. The molecule has 6 nitrogen and oxygen atoms in total. The number of hydrogen-bond acceptors (Lipinski definition) is 6. The van der Waals surface area contributed by atoms with Crippen LogP contribution in [0.25, 0.3) is 0 Å². The van der Waals surface area contributed by atoms with E-state index in [0.717, 1.165) is 53.4 Å². The number of rotatable bonds is 3. The number of benzene rings is 2. The Hall–Kier alpha value is -2.57. The summed E-state index contributed by atoms with van der Waals surface area (Å²) in [6.07, 6.45) is 4.76. The van der Waals surface area contributed by atoms with Crippen LogP contribution in [0.1, 0.15) is 47.9 Å². The van der Waals surface area contributed by atoms with Gasteiger partial charge in [0.15, 0.2) is 23.4 Å². The van der Waals surface area contributed by atoms with Gasteiger partial charge < -0.3 is 19.7 Å². The van der Waals surface area contributed by atoms with Crippen LogP contribution >= 0.6 is 0 Å². The molecule has 2 aromatic carbocycles. The van der Waals surface area contributed by atoms with Gasteiger partial charge in [0.1, 0.15) is 5.75 Å². The van der Waals surface area contributed by atoms with Crippen molar-refractivity contribution in [2.45, 2.75) is 68.1 Å². The van der Waals surface area contributed by atoms with Crippen LogP contribution in [0.4, 0.5) is 0 Å². The molecule has 182 valence electrons. The fourth-order valence-corrected chi connectivity index (χ4v) is 8.76. The number of fused-ring (bicyclic) bond motifs is 1. The minimum atomic E-state index is -1.10. The lowest BCUT2D eigenvalue weighted by molar-refractivity contribution is -0.209. The Bertz CT molecular complexity index is 1300. The van der Waals surface area contributed by atoms with Crippen molar-refractivity contribution in [3.05, 3.63) is 52.6 Å². The van der Waals surface area contributed by atoms with Gasteiger partial charge in [0.2, 0.25) is 0 Å². The highest BCUT2D eigenvalue weighted by atomic mass is 16.5. The van der Waals surface area contributed by atoms with Crippen LogP contribution in [0.3, 0.4) is 0 Å². The topological polar surface area (TPSA) is 79.2 Å². The molecule has 2 heterocycles. The Kier molecular flexibility index (Phi) is 3.77. The Labute approximate surface area is 204 Å². The van der Waals surface area contributed by atoms with Gasteiger partial charge in [0, 0.05) is 23.6 Å². The zero-order valence-corrected chi connectivity index (χ0v) is 20.0. The van der Waals surface area contributed by atoms with E-state index in [9.17, 15) is 15.0 Å². The predicted molar refractivity (Wildman–Crippen MR) is 128 cm³/mol. The molecule has 2 aliphatic heterocycles. The number of ketones is 1. The maximum atomic E-state index is 14.5. The molecule has 1 unspecified atom stereocenters. The normalized spacial score (nSPS) is 38.3. The number of carbonyl (C=O) groups excluding carboxylic acids is 1. The van der Waals surface area contributed by atoms with Crippen LogP contribution in [0.15, 0.2) is 30.3 Å². The molecule has 5 atom stereocenters. The highest BCUT2D eigenvalue weighted by Gasteiger charge is 2.77. The van der Waals surface area contributed by atoms with Crippen molar-refractivity contribution < 1.29 is 24.5 Å². The number of phenolic OH excluding ortho intramolecular Hbond substituents is 1. The van der Waals surface area contributed by atoms with Crippen LogP contribution in [0.5, 0.6) is 17.2 Å². The van der Waals surface area contributed by atoms with Crippen molar-refractivity contribution in [3.63, 3.8) is 0 Å². The van der Waals surface area contributed by atoms with E-state index in [1.54, 1.807) is 13.2 Å². The summed E-state index contributed by atoms with van der Waals surface area (Å²) < 4.78 is 12.1. The number of carbonyl (C=O) groups is 1. The fraction of sp³-hybridized carbons (Fsp3) is 0.552. The third-order valence-corrected chi connectivity index (χ3v) is 10.4. The largest absolute Gasteiger partial charge is 0.504 e. The van der Waals surface area contributed by atoms with E-state index >= 15 is 0 Å². The number of likely N-dealkylation sites (tertiary alicyclic amines) is 1. The molecule has 2 aromatic rings. The van der Waals surface area contributed by atoms with Gasteiger partial charge in [-0.25, -0.2) is 0 Å². The van der Waals surface area contributed by atoms with Crippen LogP contribution in [-0.4, -0.2) is 58.8 Å². The van der Waals surface area contributed by atoms with Crippen molar-refractivity contribution in [2.24, 2.45) is 11.3 Å². The Morgan fingerprint density at radius 2 is 2.03 bits per heavy atom. The van der Waals surface area contributed by atoms with E-state index in [4.69, 9.17) is 9.47 Å². The second kappa shape index (κ2) is 6.40. The fourth-order valence-electron chi connectivity index (χ4n) is 8.76. The lowest BCUT2D eigenvalue weighted by Gasteiger charge is -2.65. The molecule has 6 heteroatoms. The number of aliphatic hydroxyl groups is 1. The summed E-state index contributed by atoms with van der Waals surface area (Å²) in [5.74, 6) is 2.12. The molecule has 4 aliphatic carbocycles. The van der Waals surface area contributed by atoms with Crippen molar-refractivity contribution in [3.8, 4) is 17.2 Å². The number of methoxy groups -OCH3 is 1. The maximum Gasteiger partial charge on any atom is 0.181 e. The number of nitrogens with zero attached hydrogens (tertiary/aromatic N) is 1. The van der Waals surface area contributed by atoms with E-state index in [-0.39, 0.29) is 17.6 Å². The molecule has 0 aromatic heterocycles. The van der Waals surface area contributed by atoms with Crippen LogP contribution in [-0.2, 0) is 29.5 Å². The minimum absolute atomic E-state index is 0.0541. The quantitative estimate of drug-likeness (QED) is 0.714. The molecule has 3 fully saturated rings. The number of ether oxygens (including phenoxy) is 2. The zero-order valence-electron chi connectivity index (χ0n) is 20.0. The lowest BCUT2D eigenvalue weighted by atomic mass is 9.44. The van der Waals surface area contributed by atoms with E-state index in [2.05, 4.69) is 11.0 Å². The Balaban J connectivity index is 1.32. The second-order valence-electron chi connectivity index (χ2n) is 12.0. The first kappa shape index (κ1) is 20.6. The number of piperidine rings is 1. The van der Waals surface area contributed by atoms with Gasteiger partial charge in [-0.15, -0.1) is 0 Å². The van der Waals surface area contributed by atoms with Crippen molar-refractivity contribution >= 4 is 5.78 Å². The minimum Gasteiger partial charge on any atom is -0.504 e. The SMILES string of the molecule is COc1cccc2c1CC1(C2)C[C@@]2(O)[C@@H]3Cc4ccc(O)c5c4[C@@]2(CCN3CC2CC2)[C@@H](O5)C1=O. The molecular formula is C29H31NO5. The second-order valence-corrected chi connectivity index (χ2v) is 12.0. The number of aromatic hydroxyl groups is 1. The molecule has 0 radical (unpaired) electrons. The summed E-state index contributed by atoms with van der Waals surface area (Å²) in [5.41, 5.74) is 1.63. The smallest absolute Gasteiger partial charge is 0.181 e. The molecule has 2 saturated carbocycles. The maximum absolute atomic E-state index is 14.5. The van der Waals surface area contributed by atoms with Gasteiger partial charge in [-0.1, -0.05) is 18.2 Å². The highest BCUT2D eigenvalue weighted by molar-refractivity contribution is 5.96. The van der Waals surface area contributed by atoms with Crippen LogP contribution in [0.2, 0.25) is 0 Å². The van der Waals surface area contributed by atoms with E-state index in [1.807, 2.05) is 18.2 Å². The van der Waals surface area contributed by atoms with E-state index in [0.29, 0.717) is 31.4 Å². The molecule has 2 spiro atoms. The Morgan fingerprint density at radius 3 is 2.83 bits per heavy atom. The summed E-state index contributed by atoms with van der Waals surface area (Å²) in [6, 6.07) is 9.66. The van der Waals surface area contributed by atoms with Crippen molar-refractivity contribution in [1.29, 1.82) is 0 Å². The third-order valence-electron chi connectivity index (χ3n) is 10.4. The molecule has 8 rings (SSSR count). The van der Waals surface area contributed by atoms with Crippen LogP contribution in [0, 0.1) is 11.3 Å². The molecule has 6 aliphatic rings. The molecule has 2 N–H and O–H groups in total. The van der Waals surface area contributed by atoms with Gasteiger partial charge in [-0.05, 0) is 86.2 Å². The summed E-state index contributed by atoms with van der Waals surface area (Å²) in [5, 5.41) is 23.7. The highest BCUT2D eigenvalue weighted by Crippen LogP contribution is 2.68. The summed E-state index contributed by atoms with van der Waals surface area (Å²) >= 11 is 0.